The summed E-state index contributed by atoms with van der Waals surface area (Å²) >= 11 is 0. The molecule has 0 spiro atoms. The van der Waals surface area contributed by atoms with Gasteiger partial charge in [0.1, 0.15) is 0 Å². The van der Waals surface area contributed by atoms with Crippen molar-refractivity contribution in [3.8, 4) is 0 Å². The standard InChI is InChI=1S/C7H17NO3S/c1-6(2)7(5-11-3)8-12(4,9)10/h6-8H,5H2,1-4H3/t7-/m1/s1. The van der Waals surface area contributed by atoms with Gasteiger partial charge in [-0.1, -0.05) is 13.8 Å². The van der Waals surface area contributed by atoms with Crippen LogP contribution in [0.15, 0.2) is 0 Å². The summed E-state index contributed by atoms with van der Waals surface area (Å²) in [5.74, 6) is 0.236. The van der Waals surface area contributed by atoms with Gasteiger partial charge in [0.25, 0.3) is 0 Å². The largest absolute Gasteiger partial charge is 0.383 e. The minimum Gasteiger partial charge on any atom is -0.383 e. The summed E-state index contributed by atoms with van der Waals surface area (Å²) in [6.45, 7) is 4.30. The monoisotopic (exact) mass is 195 g/mol. The Balaban J connectivity index is 4.14. The topological polar surface area (TPSA) is 55.4 Å². The van der Waals surface area contributed by atoms with Gasteiger partial charge in [0.2, 0.25) is 10.0 Å². The van der Waals surface area contributed by atoms with Crippen LogP contribution in [0.3, 0.4) is 0 Å². The highest BCUT2D eigenvalue weighted by atomic mass is 32.2. The van der Waals surface area contributed by atoms with E-state index in [1.54, 1.807) is 7.11 Å². The smallest absolute Gasteiger partial charge is 0.209 e. The highest BCUT2D eigenvalue weighted by molar-refractivity contribution is 7.88. The van der Waals surface area contributed by atoms with Gasteiger partial charge >= 0.3 is 0 Å². The van der Waals surface area contributed by atoms with E-state index >= 15 is 0 Å². The Morgan fingerprint density at radius 3 is 2.17 bits per heavy atom. The number of ether oxygens (including phenoxy) is 1. The van der Waals surface area contributed by atoms with E-state index < -0.39 is 10.0 Å². The maximum Gasteiger partial charge on any atom is 0.209 e. The molecule has 74 valence electrons. The molecule has 0 radical (unpaired) electrons. The first-order valence-electron chi connectivity index (χ1n) is 3.83. The first kappa shape index (κ1) is 11.9. The highest BCUT2D eigenvalue weighted by Crippen LogP contribution is 2.02. The van der Waals surface area contributed by atoms with Crippen molar-refractivity contribution in [1.29, 1.82) is 0 Å². The average Bonchev–Trinajstić information content (AvgIpc) is 1.83. The van der Waals surface area contributed by atoms with Crippen molar-refractivity contribution in [1.82, 2.24) is 4.72 Å². The molecule has 0 unspecified atom stereocenters. The van der Waals surface area contributed by atoms with E-state index in [-0.39, 0.29) is 12.0 Å². The molecule has 0 aliphatic carbocycles. The molecule has 0 saturated heterocycles. The molecule has 0 aliphatic rings. The second kappa shape index (κ2) is 4.79. The Labute approximate surface area is 74.4 Å². The Hall–Kier alpha value is -0.130. The van der Waals surface area contributed by atoms with Crippen LogP contribution in [0.2, 0.25) is 0 Å². The fraction of sp³-hybridized carbons (Fsp3) is 1.00. The molecule has 0 rings (SSSR count). The van der Waals surface area contributed by atoms with Gasteiger partial charge in [-0.3, -0.25) is 0 Å². The van der Waals surface area contributed by atoms with Gasteiger partial charge in [0.15, 0.2) is 0 Å². The SMILES string of the molecule is COC[C@@H](NS(C)(=O)=O)C(C)C. The van der Waals surface area contributed by atoms with Crippen LogP contribution < -0.4 is 4.72 Å². The summed E-state index contributed by atoms with van der Waals surface area (Å²) in [4.78, 5) is 0. The normalized spacial score (nSPS) is 15.1. The van der Waals surface area contributed by atoms with Gasteiger partial charge in [-0.2, -0.15) is 0 Å². The van der Waals surface area contributed by atoms with E-state index in [1.807, 2.05) is 13.8 Å². The van der Waals surface area contributed by atoms with Gasteiger partial charge in [-0.15, -0.1) is 0 Å². The zero-order valence-corrected chi connectivity index (χ0v) is 8.81. The van der Waals surface area contributed by atoms with Gasteiger partial charge < -0.3 is 4.74 Å². The molecule has 4 nitrogen and oxygen atoms in total. The Morgan fingerprint density at radius 2 is 1.92 bits per heavy atom. The van der Waals surface area contributed by atoms with E-state index in [0.29, 0.717) is 6.61 Å². The molecular weight excluding hydrogens is 178 g/mol. The van der Waals surface area contributed by atoms with Crippen LogP contribution in [0, 0.1) is 5.92 Å². The van der Waals surface area contributed by atoms with Crippen molar-refractivity contribution in [3.63, 3.8) is 0 Å². The molecule has 0 aliphatic heterocycles. The third-order valence-electron chi connectivity index (χ3n) is 1.52. The van der Waals surface area contributed by atoms with Crippen molar-refractivity contribution in [2.75, 3.05) is 20.0 Å². The second-order valence-corrected chi connectivity index (χ2v) is 4.98. The second-order valence-electron chi connectivity index (χ2n) is 3.20. The number of methoxy groups -OCH3 is 1. The number of sulfonamides is 1. The molecule has 1 atom stereocenters. The predicted molar refractivity (Wildman–Crippen MR) is 48.5 cm³/mol. The number of nitrogens with one attached hydrogen (secondary N) is 1. The zero-order chi connectivity index (χ0) is 9.78. The maximum absolute atomic E-state index is 10.9. The van der Waals surface area contributed by atoms with Crippen molar-refractivity contribution < 1.29 is 13.2 Å². The molecule has 0 aromatic heterocycles. The molecule has 1 N–H and O–H groups in total. The zero-order valence-electron chi connectivity index (χ0n) is 7.99. The van der Waals surface area contributed by atoms with Crippen molar-refractivity contribution in [2.45, 2.75) is 19.9 Å². The lowest BCUT2D eigenvalue weighted by Gasteiger charge is -2.19. The molecule has 0 heterocycles. The summed E-state index contributed by atoms with van der Waals surface area (Å²) in [5, 5.41) is 0. The third-order valence-corrected chi connectivity index (χ3v) is 2.25. The number of hydrogen-bond donors (Lipinski definition) is 1. The van der Waals surface area contributed by atoms with Crippen LogP contribution in [0.4, 0.5) is 0 Å². The van der Waals surface area contributed by atoms with E-state index in [4.69, 9.17) is 4.74 Å². The first-order chi connectivity index (χ1) is 5.37. The summed E-state index contributed by atoms with van der Waals surface area (Å²) in [6.07, 6.45) is 1.15. The van der Waals surface area contributed by atoms with Crippen molar-refractivity contribution in [3.05, 3.63) is 0 Å². The molecule has 5 heteroatoms. The minimum absolute atomic E-state index is 0.134. The van der Waals surface area contributed by atoms with Crippen LogP contribution in [0.5, 0.6) is 0 Å². The Bertz CT molecular complexity index is 211. The van der Waals surface area contributed by atoms with E-state index in [0.717, 1.165) is 6.26 Å². The van der Waals surface area contributed by atoms with Crippen LogP contribution >= 0.6 is 0 Å². The fourth-order valence-electron chi connectivity index (χ4n) is 0.817. The molecule has 0 fully saturated rings. The molecule has 0 bridgehead atoms. The molecule has 0 saturated carbocycles. The molecule has 0 aromatic rings. The first-order valence-corrected chi connectivity index (χ1v) is 5.72. The van der Waals surface area contributed by atoms with Crippen LogP contribution in [-0.2, 0) is 14.8 Å². The Kier molecular flexibility index (Phi) is 4.74. The lowest BCUT2D eigenvalue weighted by molar-refractivity contribution is 0.157. The van der Waals surface area contributed by atoms with Crippen molar-refractivity contribution in [2.24, 2.45) is 5.92 Å². The van der Waals surface area contributed by atoms with Gasteiger partial charge in [0, 0.05) is 13.2 Å². The molecular formula is C7H17NO3S. The van der Waals surface area contributed by atoms with E-state index in [2.05, 4.69) is 4.72 Å². The molecule has 0 amide bonds. The fourth-order valence-corrected chi connectivity index (χ4v) is 1.71. The lowest BCUT2D eigenvalue weighted by atomic mass is 10.1. The average molecular weight is 195 g/mol. The van der Waals surface area contributed by atoms with Crippen LogP contribution in [0.1, 0.15) is 13.8 Å². The predicted octanol–water partition coefficient (Wildman–Crippen LogP) is 0.207. The molecule has 12 heavy (non-hydrogen) atoms. The van der Waals surface area contributed by atoms with E-state index in [1.165, 1.54) is 0 Å². The lowest BCUT2D eigenvalue weighted by Crippen LogP contribution is -2.40. The van der Waals surface area contributed by atoms with Crippen molar-refractivity contribution >= 4 is 10.0 Å². The van der Waals surface area contributed by atoms with Crippen LogP contribution in [0.25, 0.3) is 0 Å². The number of rotatable bonds is 5. The minimum atomic E-state index is -3.12. The summed E-state index contributed by atoms with van der Waals surface area (Å²) in [7, 11) is -1.57. The van der Waals surface area contributed by atoms with Gasteiger partial charge in [-0.25, -0.2) is 13.1 Å². The quantitative estimate of drug-likeness (QED) is 0.682. The van der Waals surface area contributed by atoms with Gasteiger partial charge in [0.05, 0.1) is 12.9 Å². The number of hydrogen-bond acceptors (Lipinski definition) is 3. The van der Waals surface area contributed by atoms with E-state index in [9.17, 15) is 8.42 Å². The highest BCUT2D eigenvalue weighted by Gasteiger charge is 2.16. The molecule has 0 aromatic carbocycles. The van der Waals surface area contributed by atoms with Crippen LogP contribution in [-0.4, -0.2) is 34.4 Å². The summed E-state index contributed by atoms with van der Waals surface area (Å²) < 4.78 is 29.1. The van der Waals surface area contributed by atoms with Gasteiger partial charge in [-0.05, 0) is 5.92 Å². The summed E-state index contributed by atoms with van der Waals surface area (Å²) in [5.41, 5.74) is 0. The summed E-state index contributed by atoms with van der Waals surface area (Å²) in [6, 6.07) is -0.134. The maximum atomic E-state index is 10.9. The third kappa shape index (κ3) is 5.51. The Morgan fingerprint density at radius 1 is 1.42 bits per heavy atom.